The molecule has 0 aliphatic carbocycles. The van der Waals surface area contributed by atoms with Gasteiger partial charge >= 0.3 is 0 Å². The van der Waals surface area contributed by atoms with Gasteiger partial charge in [-0.15, -0.1) is 11.3 Å². The van der Waals surface area contributed by atoms with E-state index >= 15 is 0 Å². The third kappa shape index (κ3) is 2.68. The molecule has 3 aromatic heterocycles. The molecular weight excluding hydrogens is 306 g/mol. The highest BCUT2D eigenvalue weighted by molar-refractivity contribution is 7.07. The van der Waals surface area contributed by atoms with Crippen molar-refractivity contribution in [2.24, 2.45) is 0 Å². The van der Waals surface area contributed by atoms with Crippen LogP contribution in [0.2, 0.25) is 0 Å². The van der Waals surface area contributed by atoms with Gasteiger partial charge in [-0.2, -0.15) is 0 Å². The molecule has 0 amide bonds. The first-order chi connectivity index (χ1) is 11.0. The number of rotatable bonds is 3. The van der Waals surface area contributed by atoms with Crippen LogP contribution in [0.4, 0.5) is 0 Å². The maximum absolute atomic E-state index is 12.4. The second-order valence-electron chi connectivity index (χ2n) is 5.43. The van der Waals surface area contributed by atoms with E-state index in [0.717, 1.165) is 31.8 Å². The zero-order valence-corrected chi connectivity index (χ0v) is 14.4. The van der Waals surface area contributed by atoms with E-state index in [0.29, 0.717) is 6.54 Å². The minimum absolute atomic E-state index is 0.0358. The van der Waals surface area contributed by atoms with Crippen LogP contribution < -0.4 is 14.8 Å². The fourth-order valence-corrected chi connectivity index (χ4v) is 3.80. The number of hydrogen-bond acceptors (Lipinski definition) is 3. The molecule has 0 aliphatic heterocycles. The molecule has 0 bridgehead atoms. The van der Waals surface area contributed by atoms with Crippen LogP contribution in [0, 0.1) is 13.8 Å². The number of pyridine rings is 1. The monoisotopic (exact) mass is 325 g/mol. The minimum Gasteiger partial charge on any atom is -0.316 e. The molecule has 3 heterocycles. The molecule has 4 nitrogen and oxygen atoms in total. The predicted molar refractivity (Wildman–Crippen MR) is 95.6 cm³/mol. The van der Waals surface area contributed by atoms with Gasteiger partial charge in [-0.1, -0.05) is 6.58 Å². The van der Waals surface area contributed by atoms with E-state index < -0.39 is 0 Å². The summed E-state index contributed by atoms with van der Waals surface area (Å²) in [5, 5.41) is 0. The maximum Gasteiger partial charge on any atom is 0.269 e. The molecule has 0 aromatic carbocycles. The Hall–Kier alpha value is -2.40. The lowest BCUT2D eigenvalue weighted by Gasteiger charge is -2.08. The van der Waals surface area contributed by atoms with E-state index in [1.807, 2.05) is 31.3 Å². The number of thiazole rings is 1. The number of hydrogen-bond donors (Lipinski definition) is 0. The van der Waals surface area contributed by atoms with Crippen LogP contribution in [0.25, 0.3) is 18.3 Å². The van der Waals surface area contributed by atoms with Gasteiger partial charge in [0.25, 0.3) is 5.56 Å². The number of aryl methyl sites for hydroxylation is 1. The first-order valence-electron chi connectivity index (χ1n) is 7.52. The lowest BCUT2D eigenvalue weighted by molar-refractivity contribution is 0.724. The van der Waals surface area contributed by atoms with E-state index in [4.69, 9.17) is 0 Å². The third-order valence-corrected chi connectivity index (χ3v) is 4.93. The number of aromatic nitrogens is 3. The van der Waals surface area contributed by atoms with E-state index in [-0.39, 0.29) is 5.56 Å². The van der Waals surface area contributed by atoms with Crippen molar-refractivity contribution in [2.75, 3.05) is 0 Å². The zero-order chi connectivity index (χ0) is 16.6. The Labute approximate surface area is 138 Å². The normalized spacial score (nSPS) is 12.0. The fraction of sp³-hybridized carbons (Fsp3) is 0.222. The van der Waals surface area contributed by atoms with Crippen molar-refractivity contribution in [2.45, 2.75) is 27.3 Å². The van der Waals surface area contributed by atoms with Crippen LogP contribution in [0.3, 0.4) is 0 Å². The second kappa shape index (κ2) is 6.01. The van der Waals surface area contributed by atoms with Crippen LogP contribution in [-0.2, 0) is 6.54 Å². The Morgan fingerprint density at radius 3 is 2.78 bits per heavy atom. The van der Waals surface area contributed by atoms with Crippen LogP contribution in [0.15, 0.2) is 35.4 Å². The van der Waals surface area contributed by atoms with Crippen LogP contribution in [-0.4, -0.2) is 14.1 Å². The summed E-state index contributed by atoms with van der Waals surface area (Å²) >= 11 is 1.44. The highest BCUT2D eigenvalue weighted by Gasteiger charge is 2.10. The summed E-state index contributed by atoms with van der Waals surface area (Å²) in [5.74, 6) is 0. The second-order valence-corrected chi connectivity index (χ2v) is 6.54. The topological polar surface area (TPSA) is 39.8 Å². The Morgan fingerprint density at radius 1 is 1.39 bits per heavy atom. The standard InChI is InChI=1S/C18H19N3OS/c1-5-20-14(4)23-17(18(20)22)10-15-9-12(2)21(13(15)3)16-7-6-8-19-11-16/h6-11H,4-5H2,1-3H3/b17-10+. The fourth-order valence-electron chi connectivity index (χ4n) is 2.84. The van der Waals surface area contributed by atoms with Crippen molar-refractivity contribution in [3.63, 3.8) is 0 Å². The van der Waals surface area contributed by atoms with Gasteiger partial charge < -0.3 is 4.57 Å². The van der Waals surface area contributed by atoms with Gasteiger partial charge in [0, 0.05) is 24.1 Å². The molecule has 0 aliphatic rings. The molecule has 0 saturated heterocycles. The highest BCUT2D eigenvalue weighted by atomic mass is 32.1. The molecule has 0 fully saturated rings. The van der Waals surface area contributed by atoms with Crippen LogP contribution >= 0.6 is 11.3 Å². The third-order valence-electron chi connectivity index (χ3n) is 3.96. The summed E-state index contributed by atoms with van der Waals surface area (Å²) < 4.78 is 5.38. The molecule has 0 saturated carbocycles. The van der Waals surface area contributed by atoms with Crippen molar-refractivity contribution >= 4 is 24.0 Å². The van der Waals surface area contributed by atoms with Gasteiger partial charge in [-0.25, -0.2) is 0 Å². The van der Waals surface area contributed by atoms with Crippen molar-refractivity contribution in [1.29, 1.82) is 0 Å². The molecular formula is C18H19N3OS. The predicted octanol–water partition coefficient (Wildman–Crippen LogP) is 1.97. The van der Waals surface area contributed by atoms with Gasteiger partial charge in [-0.05, 0) is 50.6 Å². The molecule has 0 spiro atoms. The molecule has 0 N–H and O–H groups in total. The van der Waals surface area contributed by atoms with E-state index in [9.17, 15) is 4.79 Å². The largest absolute Gasteiger partial charge is 0.316 e. The summed E-state index contributed by atoms with van der Waals surface area (Å²) in [6.07, 6.45) is 5.56. The summed E-state index contributed by atoms with van der Waals surface area (Å²) in [5.41, 5.74) is 4.32. The molecule has 3 rings (SSSR count). The maximum atomic E-state index is 12.4. The molecule has 5 heteroatoms. The van der Waals surface area contributed by atoms with E-state index in [1.165, 1.54) is 11.3 Å². The summed E-state index contributed by atoms with van der Waals surface area (Å²) in [4.78, 5) is 16.6. The molecule has 0 unspecified atom stereocenters. The molecule has 3 aromatic rings. The molecule has 23 heavy (non-hydrogen) atoms. The van der Waals surface area contributed by atoms with Gasteiger partial charge in [0.05, 0.1) is 21.1 Å². The quantitative estimate of drug-likeness (QED) is 0.739. The molecule has 118 valence electrons. The van der Waals surface area contributed by atoms with Gasteiger partial charge in [0.1, 0.15) is 0 Å². The number of nitrogens with zero attached hydrogens (tertiary/aromatic N) is 3. The van der Waals surface area contributed by atoms with Gasteiger partial charge in [0.2, 0.25) is 0 Å². The summed E-state index contributed by atoms with van der Waals surface area (Å²) in [6, 6.07) is 6.05. The van der Waals surface area contributed by atoms with Crippen molar-refractivity contribution in [1.82, 2.24) is 14.1 Å². The Bertz CT molecular complexity index is 1010. The molecule has 0 radical (unpaired) electrons. The lowest BCUT2D eigenvalue weighted by Crippen LogP contribution is -2.30. The highest BCUT2D eigenvalue weighted by Crippen LogP contribution is 2.20. The van der Waals surface area contributed by atoms with E-state index in [2.05, 4.69) is 36.0 Å². The van der Waals surface area contributed by atoms with Gasteiger partial charge in [0.15, 0.2) is 0 Å². The van der Waals surface area contributed by atoms with Crippen LogP contribution in [0.1, 0.15) is 23.9 Å². The average Bonchev–Trinajstić information content (AvgIpc) is 2.96. The summed E-state index contributed by atoms with van der Waals surface area (Å²) in [7, 11) is 0. The Balaban J connectivity index is 2.19. The smallest absolute Gasteiger partial charge is 0.269 e. The first kappa shape index (κ1) is 15.5. The van der Waals surface area contributed by atoms with Crippen molar-refractivity contribution in [3.8, 4) is 5.69 Å². The Morgan fingerprint density at radius 2 is 2.17 bits per heavy atom. The minimum atomic E-state index is 0.0358. The molecule has 0 atom stereocenters. The van der Waals surface area contributed by atoms with Crippen molar-refractivity contribution in [3.05, 3.63) is 67.1 Å². The first-order valence-corrected chi connectivity index (χ1v) is 8.34. The average molecular weight is 325 g/mol. The Kier molecular flexibility index (Phi) is 4.05. The summed E-state index contributed by atoms with van der Waals surface area (Å²) in [6.45, 7) is 10.7. The zero-order valence-electron chi connectivity index (χ0n) is 13.5. The van der Waals surface area contributed by atoms with Gasteiger partial charge in [-0.3, -0.25) is 14.3 Å². The van der Waals surface area contributed by atoms with E-state index in [1.54, 1.807) is 10.8 Å². The lowest BCUT2D eigenvalue weighted by atomic mass is 10.2. The van der Waals surface area contributed by atoms with Crippen molar-refractivity contribution < 1.29 is 0 Å². The SMILES string of the molecule is C=c1s/c(=C/c2cc(C)n(-c3cccnc3)c2C)c(=O)n1CC. The van der Waals surface area contributed by atoms with Crippen LogP contribution in [0.5, 0.6) is 0 Å².